The predicted octanol–water partition coefficient (Wildman–Crippen LogP) is 1.66. The third-order valence-corrected chi connectivity index (χ3v) is 3.06. The summed E-state index contributed by atoms with van der Waals surface area (Å²) in [4.78, 5) is 4.01. The van der Waals surface area contributed by atoms with Crippen molar-refractivity contribution < 1.29 is 0 Å². The minimum Gasteiger partial charge on any atom is -0.337 e. The quantitative estimate of drug-likeness (QED) is 0.721. The third-order valence-electron chi connectivity index (χ3n) is 3.06. The van der Waals surface area contributed by atoms with E-state index in [-0.39, 0.29) is 0 Å². The van der Waals surface area contributed by atoms with Crippen LogP contribution in [0.25, 0.3) is 0 Å². The fourth-order valence-corrected chi connectivity index (χ4v) is 1.77. The molecule has 0 amide bonds. The Balaban J connectivity index is 1.57. The first kappa shape index (κ1) is 9.71. The molecule has 1 heterocycles. The van der Waals surface area contributed by atoms with Crippen LogP contribution in [0.2, 0.25) is 0 Å². The number of rotatable bonds is 5. The smallest absolute Gasteiger partial charge is 0.0945 e. The largest absolute Gasteiger partial charge is 0.337 e. The second-order valence-corrected chi connectivity index (χ2v) is 4.85. The Morgan fingerprint density at radius 1 is 1.57 bits per heavy atom. The maximum Gasteiger partial charge on any atom is 0.0945 e. The number of hydrogen-bond acceptors (Lipinski definition) is 2. The summed E-state index contributed by atoms with van der Waals surface area (Å²) in [6.07, 6.45) is 8.24. The van der Waals surface area contributed by atoms with Gasteiger partial charge in [-0.1, -0.05) is 13.8 Å². The number of aromatic nitrogens is 2. The first-order valence-corrected chi connectivity index (χ1v) is 5.38. The zero-order chi connectivity index (χ0) is 10.0. The van der Waals surface area contributed by atoms with E-state index in [4.69, 9.17) is 0 Å². The second-order valence-electron chi connectivity index (χ2n) is 4.85. The van der Waals surface area contributed by atoms with E-state index in [9.17, 15) is 0 Å². The summed E-state index contributed by atoms with van der Waals surface area (Å²) in [5, 5.41) is 3.58. The van der Waals surface area contributed by atoms with E-state index in [0.717, 1.165) is 19.1 Å². The summed E-state index contributed by atoms with van der Waals surface area (Å²) in [6.45, 7) is 6.83. The van der Waals surface area contributed by atoms with Crippen LogP contribution in [0, 0.1) is 5.41 Å². The molecule has 14 heavy (non-hydrogen) atoms. The van der Waals surface area contributed by atoms with Crippen LogP contribution in [0.5, 0.6) is 0 Å². The Labute approximate surface area is 85.5 Å². The summed E-state index contributed by atoms with van der Waals surface area (Å²) in [7, 11) is 0. The van der Waals surface area contributed by atoms with Gasteiger partial charge in [-0.15, -0.1) is 0 Å². The van der Waals surface area contributed by atoms with Crippen molar-refractivity contribution in [1.82, 2.24) is 14.9 Å². The lowest BCUT2D eigenvalue weighted by Gasteiger charge is -2.06. The normalized spacial score (nSPS) is 23.7. The lowest BCUT2D eigenvalue weighted by molar-refractivity contribution is 0.516. The Bertz CT molecular complexity index is 277. The standard InChI is InChI=1S/C11H19N3/c1-11(2)8-10(11)13-4-3-6-14-7-5-12-9-14/h5,7,9-10,13H,3-4,6,8H2,1-2H3. The number of imidazole rings is 1. The second kappa shape index (κ2) is 3.73. The van der Waals surface area contributed by atoms with Crippen LogP contribution in [-0.4, -0.2) is 22.1 Å². The molecule has 0 aliphatic heterocycles. The summed E-state index contributed by atoms with van der Waals surface area (Å²) >= 11 is 0. The first-order chi connectivity index (χ1) is 6.68. The highest BCUT2D eigenvalue weighted by Crippen LogP contribution is 2.44. The van der Waals surface area contributed by atoms with Gasteiger partial charge in [0.2, 0.25) is 0 Å². The SMILES string of the molecule is CC1(C)CC1NCCCn1ccnc1. The van der Waals surface area contributed by atoms with Crippen LogP contribution in [0.1, 0.15) is 26.7 Å². The van der Waals surface area contributed by atoms with E-state index in [1.807, 2.05) is 18.7 Å². The average molecular weight is 193 g/mol. The van der Waals surface area contributed by atoms with Gasteiger partial charge < -0.3 is 9.88 Å². The summed E-state index contributed by atoms with van der Waals surface area (Å²) in [6, 6.07) is 0.755. The lowest BCUT2D eigenvalue weighted by Crippen LogP contribution is -2.22. The Kier molecular flexibility index (Phi) is 2.59. The van der Waals surface area contributed by atoms with Gasteiger partial charge in [0.15, 0.2) is 0 Å². The monoisotopic (exact) mass is 193 g/mol. The molecule has 78 valence electrons. The van der Waals surface area contributed by atoms with E-state index in [2.05, 4.69) is 28.7 Å². The van der Waals surface area contributed by atoms with Crippen molar-refractivity contribution >= 4 is 0 Å². The van der Waals surface area contributed by atoms with E-state index in [0.29, 0.717) is 5.41 Å². The molecule has 1 fully saturated rings. The van der Waals surface area contributed by atoms with Gasteiger partial charge in [-0.2, -0.15) is 0 Å². The molecule has 0 spiro atoms. The van der Waals surface area contributed by atoms with Crippen molar-refractivity contribution in [2.45, 2.75) is 39.3 Å². The molecular weight excluding hydrogens is 174 g/mol. The van der Waals surface area contributed by atoms with Crippen LogP contribution in [0.15, 0.2) is 18.7 Å². The van der Waals surface area contributed by atoms with Gasteiger partial charge in [0.05, 0.1) is 6.33 Å². The molecule has 3 heteroatoms. The van der Waals surface area contributed by atoms with Crippen molar-refractivity contribution in [2.75, 3.05) is 6.54 Å². The molecular formula is C11H19N3. The number of nitrogens with zero attached hydrogens (tertiary/aromatic N) is 2. The molecule has 1 atom stereocenters. The topological polar surface area (TPSA) is 29.9 Å². The summed E-state index contributed by atoms with van der Waals surface area (Å²) < 4.78 is 2.12. The minimum atomic E-state index is 0.551. The fourth-order valence-electron chi connectivity index (χ4n) is 1.77. The molecule has 0 saturated heterocycles. The maximum absolute atomic E-state index is 4.01. The number of hydrogen-bond donors (Lipinski definition) is 1. The zero-order valence-electron chi connectivity index (χ0n) is 9.03. The van der Waals surface area contributed by atoms with Gasteiger partial charge in [0.25, 0.3) is 0 Å². The fraction of sp³-hybridized carbons (Fsp3) is 0.727. The van der Waals surface area contributed by atoms with E-state index in [1.54, 1.807) is 0 Å². The van der Waals surface area contributed by atoms with Crippen molar-refractivity contribution in [2.24, 2.45) is 5.41 Å². The van der Waals surface area contributed by atoms with E-state index in [1.165, 1.54) is 12.8 Å². The molecule has 0 radical (unpaired) electrons. The summed E-state index contributed by atoms with van der Waals surface area (Å²) in [5.74, 6) is 0. The summed E-state index contributed by atoms with van der Waals surface area (Å²) in [5.41, 5.74) is 0.551. The lowest BCUT2D eigenvalue weighted by atomic mass is 10.2. The van der Waals surface area contributed by atoms with Gasteiger partial charge in [-0.05, 0) is 24.8 Å². The van der Waals surface area contributed by atoms with E-state index < -0.39 is 0 Å². The highest BCUT2D eigenvalue weighted by molar-refractivity contribution is 5.01. The van der Waals surface area contributed by atoms with Crippen molar-refractivity contribution in [3.8, 4) is 0 Å². The molecule has 1 saturated carbocycles. The number of nitrogens with one attached hydrogen (secondary N) is 1. The Morgan fingerprint density at radius 3 is 2.93 bits per heavy atom. The van der Waals surface area contributed by atoms with Crippen LogP contribution >= 0.6 is 0 Å². The molecule has 1 aliphatic rings. The highest BCUT2D eigenvalue weighted by atomic mass is 15.0. The highest BCUT2D eigenvalue weighted by Gasteiger charge is 2.44. The molecule has 2 rings (SSSR count). The van der Waals surface area contributed by atoms with Gasteiger partial charge in [-0.25, -0.2) is 4.98 Å². The van der Waals surface area contributed by atoms with Crippen molar-refractivity contribution in [3.05, 3.63) is 18.7 Å². The van der Waals surface area contributed by atoms with E-state index >= 15 is 0 Å². The zero-order valence-corrected chi connectivity index (χ0v) is 9.03. The molecule has 0 aromatic carbocycles. The van der Waals surface area contributed by atoms with Gasteiger partial charge >= 0.3 is 0 Å². The van der Waals surface area contributed by atoms with Gasteiger partial charge in [0.1, 0.15) is 0 Å². The first-order valence-electron chi connectivity index (χ1n) is 5.38. The van der Waals surface area contributed by atoms with Gasteiger partial charge in [-0.3, -0.25) is 0 Å². The Morgan fingerprint density at radius 2 is 2.36 bits per heavy atom. The number of aryl methyl sites for hydroxylation is 1. The average Bonchev–Trinajstić information content (AvgIpc) is 2.60. The minimum absolute atomic E-state index is 0.551. The van der Waals surface area contributed by atoms with Crippen LogP contribution in [0.4, 0.5) is 0 Å². The van der Waals surface area contributed by atoms with Crippen LogP contribution < -0.4 is 5.32 Å². The molecule has 0 bridgehead atoms. The molecule has 1 unspecified atom stereocenters. The molecule has 3 nitrogen and oxygen atoms in total. The maximum atomic E-state index is 4.01. The molecule has 1 N–H and O–H groups in total. The molecule has 1 aromatic heterocycles. The molecule has 1 aromatic rings. The predicted molar refractivity (Wildman–Crippen MR) is 57.0 cm³/mol. The van der Waals surface area contributed by atoms with Crippen molar-refractivity contribution in [3.63, 3.8) is 0 Å². The van der Waals surface area contributed by atoms with Gasteiger partial charge in [0, 0.05) is 25.0 Å². The Hall–Kier alpha value is -0.830. The van der Waals surface area contributed by atoms with Crippen LogP contribution in [-0.2, 0) is 6.54 Å². The molecule has 1 aliphatic carbocycles. The van der Waals surface area contributed by atoms with Crippen molar-refractivity contribution in [1.29, 1.82) is 0 Å². The van der Waals surface area contributed by atoms with Crippen LogP contribution in [0.3, 0.4) is 0 Å². The third kappa shape index (κ3) is 2.35.